The molecule has 2 rings (SSSR count). The highest BCUT2D eigenvalue weighted by atomic mass is 35.5. The summed E-state index contributed by atoms with van der Waals surface area (Å²) in [6, 6.07) is 7.75. The Kier molecular flexibility index (Phi) is 5.03. The molecular formula is C14H14ClN3O2. The smallest absolute Gasteiger partial charge is 0.271 e. The predicted octanol–water partition coefficient (Wildman–Crippen LogP) is 2.21. The Hall–Kier alpha value is -1.98. The molecule has 1 aromatic carbocycles. The zero-order valence-electron chi connectivity index (χ0n) is 11.0. The lowest BCUT2D eigenvalue weighted by molar-refractivity contribution is 0.0945. The van der Waals surface area contributed by atoms with Gasteiger partial charge in [0.25, 0.3) is 5.91 Å². The molecule has 0 radical (unpaired) electrons. The van der Waals surface area contributed by atoms with Gasteiger partial charge in [-0.05, 0) is 11.1 Å². The highest BCUT2D eigenvalue weighted by molar-refractivity contribution is 6.29. The maximum atomic E-state index is 11.9. The molecule has 6 heteroatoms. The zero-order chi connectivity index (χ0) is 14.4. The van der Waals surface area contributed by atoms with E-state index < -0.39 is 0 Å². The molecule has 2 aromatic rings. The third kappa shape index (κ3) is 3.76. The highest BCUT2D eigenvalue weighted by Crippen LogP contribution is 2.10. The summed E-state index contributed by atoms with van der Waals surface area (Å²) in [6.45, 7) is 0.898. The first-order chi connectivity index (χ1) is 9.70. The number of hydrogen-bond acceptors (Lipinski definition) is 4. The van der Waals surface area contributed by atoms with Crippen molar-refractivity contribution in [3.8, 4) is 0 Å². The lowest BCUT2D eigenvalue weighted by Crippen LogP contribution is -2.24. The molecule has 0 saturated heterocycles. The van der Waals surface area contributed by atoms with E-state index in [0.717, 1.165) is 11.1 Å². The van der Waals surface area contributed by atoms with Crippen LogP contribution < -0.4 is 5.32 Å². The molecule has 0 bridgehead atoms. The molecule has 0 aliphatic heterocycles. The van der Waals surface area contributed by atoms with E-state index in [1.165, 1.54) is 12.4 Å². The lowest BCUT2D eigenvalue weighted by Gasteiger charge is -2.09. The zero-order valence-corrected chi connectivity index (χ0v) is 11.7. The van der Waals surface area contributed by atoms with Crippen molar-refractivity contribution in [2.45, 2.75) is 13.2 Å². The number of nitrogens with one attached hydrogen (secondary N) is 1. The molecule has 0 unspecified atom stereocenters. The Morgan fingerprint density at radius 3 is 2.75 bits per heavy atom. The lowest BCUT2D eigenvalue weighted by atomic mass is 10.1. The number of ether oxygens (including phenoxy) is 1. The summed E-state index contributed by atoms with van der Waals surface area (Å²) in [6.07, 6.45) is 2.76. The highest BCUT2D eigenvalue weighted by Gasteiger charge is 2.09. The fraction of sp³-hybridized carbons (Fsp3) is 0.214. The van der Waals surface area contributed by atoms with Gasteiger partial charge in [-0.15, -0.1) is 0 Å². The summed E-state index contributed by atoms with van der Waals surface area (Å²) in [4.78, 5) is 19.7. The normalized spacial score (nSPS) is 10.3. The Morgan fingerprint density at radius 1 is 1.30 bits per heavy atom. The van der Waals surface area contributed by atoms with E-state index in [4.69, 9.17) is 16.3 Å². The van der Waals surface area contributed by atoms with Crippen LogP contribution in [0.5, 0.6) is 0 Å². The van der Waals surface area contributed by atoms with Gasteiger partial charge in [-0.25, -0.2) is 4.98 Å². The SMILES string of the molecule is COCc1ccccc1CNC(=O)c1cncc(Cl)n1. The van der Waals surface area contributed by atoms with Crippen molar-refractivity contribution in [3.63, 3.8) is 0 Å². The van der Waals surface area contributed by atoms with Crippen molar-refractivity contribution in [2.75, 3.05) is 7.11 Å². The van der Waals surface area contributed by atoms with Gasteiger partial charge in [-0.3, -0.25) is 9.78 Å². The molecule has 0 aliphatic carbocycles. The third-order valence-corrected chi connectivity index (χ3v) is 2.88. The number of hydrogen-bond donors (Lipinski definition) is 1. The van der Waals surface area contributed by atoms with Crippen molar-refractivity contribution in [1.82, 2.24) is 15.3 Å². The molecule has 1 aromatic heterocycles. The standard InChI is InChI=1S/C14H14ClN3O2/c1-20-9-11-5-3-2-4-10(11)6-17-14(19)12-7-16-8-13(15)18-12/h2-5,7-8H,6,9H2,1H3,(H,17,19). The van der Waals surface area contributed by atoms with Gasteiger partial charge in [0.1, 0.15) is 10.8 Å². The van der Waals surface area contributed by atoms with E-state index in [1.807, 2.05) is 24.3 Å². The van der Waals surface area contributed by atoms with Crippen molar-refractivity contribution >= 4 is 17.5 Å². The van der Waals surface area contributed by atoms with Gasteiger partial charge in [0.05, 0.1) is 19.0 Å². The summed E-state index contributed by atoms with van der Waals surface area (Å²) in [5.41, 5.74) is 2.23. The van der Waals surface area contributed by atoms with E-state index in [9.17, 15) is 4.79 Å². The monoisotopic (exact) mass is 291 g/mol. The fourth-order valence-electron chi connectivity index (χ4n) is 1.74. The van der Waals surface area contributed by atoms with Crippen LogP contribution in [0.3, 0.4) is 0 Å². The summed E-state index contributed by atoms with van der Waals surface area (Å²) < 4.78 is 5.12. The minimum Gasteiger partial charge on any atom is -0.380 e. The van der Waals surface area contributed by atoms with Crippen LogP contribution in [-0.2, 0) is 17.9 Å². The first-order valence-corrected chi connectivity index (χ1v) is 6.40. The maximum Gasteiger partial charge on any atom is 0.271 e. The molecule has 1 N–H and O–H groups in total. The Labute approximate surface area is 122 Å². The van der Waals surface area contributed by atoms with Gasteiger partial charge in [0.15, 0.2) is 0 Å². The van der Waals surface area contributed by atoms with Gasteiger partial charge in [-0.2, -0.15) is 0 Å². The van der Waals surface area contributed by atoms with Crippen molar-refractivity contribution in [2.24, 2.45) is 0 Å². The van der Waals surface area contributed by atoms with Crippen LogP contribution in [0.1, 0.15) is 21.6 Å². The second-order valence-electron chi connectivity index (χ2n) is 4.11. The quantitative estimate of drug-likeness (QED) is 0.917. The van der Waals surface area contributed by atoms with Crippen LogP contribution >= 0.6 is 11.6 Å². The van der Waals surface area contributed by atoms with Crippen LogP contribution in [0.2, 0.25) is 5.15 Å². The van der Waals surface area contributed by atoms with Crippen LogP contribution in [0.25, 0.3) is 0 Å². The third-order valence-electron chi connectivity index (χ3n) is 2.70. The van der Waals surface area contributed by atoms with Gasteiger partial charge >= 0.3 is 0 Å². The van der Waals surface area contributed by atoms with Crippen LogP contribution in [0, 0.1) is 0 Å². The van der Waals surface area contributed by atoms with Crippen LogP contribution in [0.15, 0.2) is 36.7 Å². The van der Waals surface area contributed by atoms with Gasteiger partial charge in [0, 0.05) is 13.7 Å². The number of carbonyl (C=O) groups excluding carboxylic acids is 1. The van der Waals surface area contributed by atoms with Crippen molar-refractivity contribution in [3.05, 3.63) is 58.6 Å². The molecule has 5 nitrogen and oxygen atoms in total. The molecule has 0 spiro atoms. The first-order valence-electron chi connectivity index (χ1n) is 6.02. The number of aromatic nitrogens is 2. The molecule has 1 amide bonds. The second kappa shape index (κ2) is 6.98. The number of nitrogens with zero attached hydrogens (tertiary/aromatic N) is 2. The summed E-state index contributed by atoms with van der Waals surface area (Å²) in [7, 11) is 1.64. The number of rotatable bonds is 5. The molecule has 0 saturated carbocycles. The molecule has 0 atom stereocenters. The minimum atomic E-state index is -0.313. The average Bonchev–Trinajstić information content (AvgIpc) is 2.46. The van der Waals surface area contributed by atoms with E-state index in [-0.39, 0.29) is 16.8 Å². The number of methoxy groups -OCH3 is 1. The Balaban J connectivity index is 2.03. The van der Waals surface area contributed by atoms with Crippen LogP contribution in [-0.4, -0.2) is 23.0 Å². The molecule has 0 fully saturated rings. The van der Waals surface area contributed by atoms with E-state index in [2.05, 4.69) is 15.3 Å². The number of halogens is 1. The summed E-state index contributed by atoms with van der Waals surface area (Å²) in [5, 5.41) is 2.98. The van der Waals surface area contributed by atoms with Crippen molar-refractivity contribution < 1.29 is 9.53 Å². The van der Waals surface area contributed by atoms with E-state index in [0.29, 0.717) is 13.2 Å². The van der Waals surface area contributed by atoms with Gasteiger partial charge in [-0.1, -0.05) is 35.9 Å². The van der Waals surface area contributed by atoms with E-state index >= 15 is 0 Å². The number of amides is 1. The minimum absolute atomic E-state index is 0.192. The van der Waals surface area contributed by atoms with Crippen molar-refractivity contribution in [1.29, 1.82) is 0 Å². The molecule has 20 heavy (non-hydrogen) atoms. The van der Waals surface area contributed by atoms with E-state index in [1.54, 1.807) is 7.11 Å². The first kappa shape index (κ1) is 14.4. The van der Waals surface area contributed by atoms with Gasteiger partial charge in [0.2, 0.25) is 0 Å². The fourth-order valence-corrected chi connectivity index (χ4v) is 1.89. The van der Waals surface area contributed by atoms with Gasteiger partial charge < -0.3 is 10.1 Å². The molecule has 104 valence electrons. The number of benzene rings is 1. The van der Waals surface area contributed by atoms with Crippen LogP contribution in [0.4, 0.5) is 0 Å². The molecular weight excluding hydrogens is 278 g/mol. The maximum absolute atomic E-state index is 11.9. The second-order valence-corrected chi connectivity index (χ2v) is 4.50. The predicted molar refractivity (Wildman–Crippen MR) is 75.4 cm³/mol. The largest absolute Gasteiger partial charge is 0.380 e. The topological polar surface area (TPSA) is 64.1 Å². The summed E-state index contributed by atoms with van der Waals surface area (Å²) in [5.74, 6) is -0.313. The average molecular weight is 292 g/mol. The Bertz CT molecular complexity index is 604. The summed E-state index contributed by atoms with van der Waals surface area (Å²) >= 11 is 5.70. The number of carbonyl (C=O) groups is 1. The molecule has 1 heterocycles. The Morgan fingerprint density at radius 2 is 2.05 bits per heavy atom. The molecule has 0 aliphatic rings.